The summed E-state index contributed by atoms with van der Waals surface area (Å²) in [5, 5.41) is 8.22. The van der Waals surface area contributed by atoms with Gasteiger partial charge in [-0.15, -0.1) is 0 Å². The first-order valence-electron chi connectivity index (χ1n) is 9.21. The van der Waals surface area contributed by atoms with Crippen LogP contribution < -0.4 is 0 Å². The number of piperidine rings is 1. The lowest BCUT2D eigenvalue weighted by atomic mass is 9.95. The number of carbonyl (C=O) groups is 1. The van der Waals surface area contributed by atoms with Gasteiger partial charge in [-0.2, -0.15) is 5.10 Å². The van der Waals surface area contributed by atoms with Crippen molar-refractivity contribution in [3.63, 3.8) is 0 Å². The van der Waals surface area contributed by atoms with E-state index in [0.29, 0.717) is 17.7 Å². The fraction of sp³-hybridized carbons (Fsp3) is 0.500. The normalized spacial score (nSPS) is 23.7. The molecule has 5 rings (SSSR count). The van der Waals surface area contributed by atoms with Crippen molar-refractivity contribution in [3.8, 4) is 0 Å². The van der Waals surface area contributed by atoms with E-state index in [1.807, 2.05) is 29.2 Å². The summed E-state index contributed by atoms with van der Waals surface area (Å²) in [7, 11) is 0. The first-order valence-corrected chi connectivity index (χ1v) is 9.21. The van der Waals surface area contributed by atoms with Gasteiger partial charge in [0.2, 0.25) is 0 Å². The molecule has 2 bridgehead atoms. The number of hydrogen-bond donors (Lipinski definition) is 1. The topological polar surface area (TPSA) is 52.2 Å². The number of allylic oxidation sites excluding steroid dienone is 1. The van der Waals surface area contributed by atoms with E-state index in [-0.39, 0.29) is 5.91 Å². The standard InChI is InChI=1S/C20H26N4O/c1-14(2)9-10-23-11-15-7-8-16(23)13-24(12-15)20(25)19-17-5-3-4-6-18(17)21-22-19/h3-6,9,15-16H,7-8,10-13H2,1-2H3,(H,21,22)/t15-,16-/m0/s1. The van der Waals surface area contributed by atoms with Gasteiger partial charge in [-0.25, -0.2) is 0 Å². The van der Waals surface area contributed by atoms with Crippen LogP contribution >= 0.6 is 0 Å². The maximum absolute atomic E-state index is 13.1. The molecule has 132 valence electrons. The number of amides is 1. The van der Waals surface area contributed by atoms with Crippen LogP contribution in [0.1, 0.15) is 37.2 Å². The molecule has 25 heavy (non-hydrogen) atoms. The molecule has 3 saturated heterocycles. The first kappa shape index (κ1) is 16.3. The van der Waals surface area contributed by atoms with Crippen LogP contribution in [-0.4, -0.2) is 58.1 Å². The summed E-state index contributed by atoms with van der Waals surface area (Å²) >= 11 is 0. The number of H-pyrrole nitrogens is 1. The van der Waals surface area contributed by atoms with Crippen LogP contribution in [0.3, 0.4) is 0 Å². The molecular weight excluding hydrogens is 312 g/mol. The molecule has 0 unspecified atom stereocenters. The first-order chi connectivity index (χ1) is 12.1. The third-order valence-corrected chi connectivity index (χ3v) is 5.52. The molecule has 4 heterocycles. The minimum atomic E-state index is 0.0680. The quantitative estimate of drug-likeness (QED) is 0.875. The molecular formula is C20H26N4O. The molecule has 3 aliphatic rings. The van der Waals surface area contributed by atoms with Crippen LogP contribution in [0.5, 0.6) is 0 Å². The van der Waals surface area contributed by atoms with Gasteiger partial charge in [-0.05, 0) is 38.7 Å². The molecule has 5 nitrogen and oxygen atoms in total. The lowest BCUT2D eigenvalue weighted by molar-refractivity contribution is 0.0736. The average molecular weight is 338 g/mol. The SMILES string of the molecule is CC(C)=CCN1C[C@@H]2CC[C@H]1CN(C(=O)c1n[nH]c3ccccc13)C2. The fourth-order valence-corrected chi connectivity index (χ4v) is 4.14. The number of aromatic nitrogens is 2. The molecule has 0 aliphatic carbocycles. The monoisotopic (exact) mass is 338 g/mol. The number of hydrogen-bond acceptors (Lipinski definition) is 3. The van der Waals surface area contributed by atoms with Crippen LogP contribution in [0.15, 0.2) is 35.9 Å². The molecule has 0 radical (unpaired) electrons. The van der Waals surface area contributed by atoms with Crippen molar-refractivity contribution in [2.75, 3.05) is 26.2 Å². The van der Waals surface area contributed by atoms with E-state index >= 15 is 0 Å². The highest BCUT2D eigenvalue weighted by Gasteiger charge is 2.36. The second-order valence-corrected chi connectivity index (χ2v) is 7.66. The summed E-state index contributed by atoms with van der Waals surface area (Å²) in [4.78, 5) is 17.7. The number of nitrogens with one attached hydrogen (secondary N) is 1. The largest absolute Gasteiger partial charge is 0.335 e. The Morgan fingerprint density at radius 2 is 2.08 bits per heavy atom. The van der Waals surface area contributed by atoms with E-state index < -0.39 is 0 Å². The summed E-state index contributed by atoms with van der Waals surface area (Å²) in [6.45, 7) is 8.05. The molecule has 1 amide bonds. The second kappa shape index (κ2) is 6.64. The van der Waals surface area contributed by atoms with E-state index in [2.05, 4.69) is 35.0 Å². The molecule has 3 fully saturated rings. The maximum Gasteiger partial charge on any atom is 0.275 e. The molecule has 0 saturated carbocycles. The zero-order chi connectivity index (χ0) is 17.4. The van der Waals surface area contributed by atoms with Gasteiger partial charge in [0, 0.05) is 37.6 Å². The number of nitrogens with zero attached hydrogens (tertiary/aromatic N) is 3. The van der Waals surface area contributed by atoms with Gasteiger partial charge >= 0.3 is 0 Å². The Morgan fingerprint density at radius 1 is 1.24 bits per heavy atom. The maximum atomic E-state index is 13.1. The van der Waals surface area contributed by atoms with Crippen LogP contribution in [-0.2, 0) is 0 Å². The molecule has 2 atom stereocenters. The van der Waals surface area contributed by atoms with Gasteiger partial charge in [0.15, 0.2) is 5.69 Å². The Bertz CT molecular complexity index is 805. The smallest absolute Gasteiger partial charge is 0.275 e. The van der Waals surface area contributed by atoms with E-state index in [1.165, 1.54) is 18.4 Å². The summed E-state index contributed by atoms with van der Waals surface area (Å²) < 4.78 is 0. The van der Waals surface area contributed by atoms with E-state index in [0.717, 1.165) is 37.1 Å². The highest BCUT2D eigenvalue weighted by molar-refractivity contribution is 6.04. The lowest BCUT2D eigenvalue weighted by Crippen LogP contribution is -2.44. The summed E-state index contributed by atoms with van der Waals surface area (Å²) in [6.07, 6.45) is 4.71. The zero-order valence-electron chi connectivity index (χ0n) is 15.0. The minimum Gasteiger partial charge on any atom is -0.335 e. The second-order valence-electron chi connectivity index (χ2n) is 7.66. The number of fused-ring (bicyclic) bond motifs is 5. The van der Waals surface area contributed by atoms with Gasteiger partial charge in [0.25, 0.3) is 5.91 Å². The Labute approximate surface area is 148 Å². The van der Waals surface area contributed by atoms with Gasteiger partial charge in [0.1, 0.15) is 0 Å². The predicted molar refractivity (Wildman–Crippen MR) is 99.5 cm³/mol. The van der Waals surface area contributed by atoms with Gasteiger partial charge in [-0.3, -0.25) is 14.8 Å². The van der Waals surface area contributed by atoms with Gasteiger partial charge in [-0.1, -0.05) is 29.8 Å². The number of benzene rings is 1. The van der Waals surface area contributed by atoms with Crippen molar-refractivity contribution in [2.24, 2.45) is 5.92 Å². The van der Waals surface area contributed by atoms with Crippen molar-refractivity contribution in [1.29, 1.82) is 0 Å². The Balaban J connectivity index is 1.55. The van der Waals surface area contributed by atoms with Crippen LogP contribution in [0.25, 0.3) is 10.9 Å². The molecule has 0 spiro atoms. The molecule has 1 aromatic heterocycles. The van der Waals surface area contributed by atoms with Crippen LogP contribution in [0, 0.1) is 5.92 Å². The Morgan fingerprint density at radius 3 is 2.92 bits per heavy atom. The van der Waals surface area contributed by atoms with E-state index in [9.17, 15) is 4.79 Å². The molecule has 1 aromatic carbocycles. The highest BCUT2D eigenvalue weighted by atomic mass is 16.2. The predicted octanol–water partition coefficient (Wildman–Crippen LogP) is 3.07. The van der Waals surface area contributed by atoms with Crippen molar-refractivity contribution in [2.45, 2.75) is 32.7 Å². The van der Waals surface area contributed by atoms with E-state index in [4.69, 9.17) is 0 Å². The van der Waals surface area contributed by atoms with Crippen molar-refractivity contribution in [3.05, 3.63) is 41.6 Å². The zero-order valence-corrected chi connectivity index (χ0v) is 15.0. The fourth-order valence-electron chi connectivity index (χ4n) is 4.14. The number of aromatic amines is 1. The van der Waals surface area contributed by atoms with Crippen LogP contribution in [0.2, 0.25) is 0 Å². The average Bonchev–Trinajstić information content (AvgIpc) is 2.82. The summed E-state index contributed by atoms with van der Waals surface area (Å²) in [5.41, 5.74) is 2.85. The molecule has 2 aromatic rings. The molecule has 1 N–H and O–H groups in total. The summed E-state index contributed by atoms with van der Waals surface area (Å²) in [6, 6.07) is 8.32. The highest BCUT2D eigenvalue weighted by Crippen LogP contribution is 2.29. The van der Waals surface area contributed by atoms with Crippen LogP contribution in [0.4, 0.5) is 0 Å². The minimum absolute atomic E-state index is 0.0680. The molecule has 3 aliphatic heterocycles. The third kappa shape index (κ3) is 3.21. The molecule has 5 heteroatoms. The van der Waals surface area contributed by atoms with Gasteiger partial charge < -0.3 is 4.90 Å². The Kier molecular flexibility index (Phi) is 4.34. The van der Waals surface area contributed by atoms with Gasteiger partial charge in [0.05, 0.1) is 5.52 Å². The van der Waals surface area contributed by atoms with Crippen molar-refractivity contribution in [1.82, 2.24) is 20.0 Å². The van der Waals surface area contributed by atoms with Crippen molar-refractivity contribution >= 4 is 16.8 Å². The Hall–Kier alpha value is -2.14. The van der Waals surface area contributed by atoms with Crippen molar-refractivity contribution < 1.29 is 4.79 Å². The summed E-state index contributed by atoms with van der Waals surface area (Å²) in [5.74, 6) is 0.636. The lowest BCUT2D eigenvalue weighted by Gasteiger charge is -2.35. The van der Waals surface area contributed by atoms with E-state index in [1.54, 1.807) is 0 Å². The third-order valence-electron chi connectivity index (χ3n) is 5.52. The number of para-hydroxylation sites is 1. The number of rotatable bonds is 3. The number of carbonyl (C=O) groups excluding carboxylic acids is 1.